The lowest BCUT2D eigenvalue weighted by Crippen LogP contribution is -2.31. The fourth-order valence-electron chi connectivity index (χ4n) is 3.33. The molecule has 160 valence electrons. The molecule has 2 aromatic heterocycles. The number of nitrogens with zero attached hydrogens (tertiary/aromatic N) is 3. The number of rotatable bonds is 10. The summed E-state index contributed by atoms with van der Waals surface area (Å²) in [5, 5.41) is 6.47. The third-order valence-corrected chi connectivity index (χ3v) is 5.78. The molecule has 0 aliphatic rings. The molecule has 30 heavy (non-hydrogen) atoms. The summed E-state index contributed by atoms with van der Waals surface area (Å²) in [7, 11) is 1.63. The summed E-state index contributed by atoms with van der Waals surface area (Å²) in [4.78, 5) is 15.8. The van der Waals surface area contributed by atoms with Gasteiger partial charge in [-0.25, -0.2) is 0 Å². The summed E-state index contributed by atoms with van der Waals surface area (Å²) >= 11 is 1.66. The van der Waals surface area contributed by atoms with E-state index < -0.39 is 0 Å². The van der Waals surface area contributed by atoms with Gasteiger partial charge in [0.25, 0.3) is 0 Å². The van der Waals surface area contributed by atoms with Crippen molar-refractivity contribution >= 4 is 17.2 Å². The number of ether oxygens (including phenoxy) is 2. The van der Waals surface area contributed by atoms with Crippen LogP contribution in [0.15, 0.2) is 41.8 Å². The fraction of sp³-hybridized carbons (Fsp3) is 0.391. The molecule has 0 N–H and O–H groups in total. The normalized spacial score (nSPS) is 10.8. The van der Waals surface area contributed by atoms with Crippen LogP contribution in [0.25, 0.3) is 0 Å². The Labute approximate surface area is 182 Å². The van der Waals surface area contributed by atoms with Crippen LogP contribution in [-0.2, 0) is 24.5 Å². The Morgan fingerprint density at radius 3 is 2.67 bits per heavy atom. The van der Waals surface area contributed by atoms with Gasteiger partial charge < -0.3 is 14.4 Å². The van der Waals surface area contributed by atoms with E-state index in [9.17, 15) is 4.79 Å². The maximum absolute atomic E-state index is 12.8. The lowest BCUT2D eigenvalue weighted by Gasteiger charge is -2.22. The van der Waals surface area contributed by atoms with E-state index in [1.807, 2.05) is 72.1 Å². The molecule has 0 saturated carbocycles. The van der Waals surface area contributed by atoms with Crippen molar-refractivity contribution in [3.63, 3.8) is 0 Å². The molecular weight excluding hydrogens is 398 g/mol. The van der Waals surface area contributed by atoms with Crippen LogP contribution in [-0.4, -0.2) is 34.2 Å². The van der Waals surface area contributed by atoms with Gasteiger partial charge in [0.2, 0.25) is 5.91 Å². The Hall–Kier alpha value is -2.80. The van der Waals surface area contributed by atoms with Gasteiger partial charge in [-0.15, -0.1) is 11.3 Å². The van der Waals surface area contributed by atoms with Crippen molar-refractivity contribution in [2.75, 3.05) is 13.7 Å². The first kappa shape index (κ1) is 21.9. The van der Waals surface area contributed by atoms with E-state index in [0.29, 0.717) is 44.2 Å². The topological polar surface area (TPSA) is 56.6 Å². The number of benzene rings is 1. The zero-order chi connectivity index (χ0) is 21.5. The van der Waals surface area contributed by atoms with Gasteiger partial charge in [0.05, 0.1) is 12.8 Å². The zero-order valence-corrected chi connectivity index (χ0v) is 18.9. The summed E-state index contributed by atoms with van der Waals surface area (Å²) in [5.41, 5.74) is 3.06. The average Bonchev–Trinajstić information content (AvgIpc) is 3.37. The van der Waals surface area contributed by atoms with E-state index in [4.69, 9.17) is 9.47 Å². The van der Waals surface area contributed by atoms with Gasteiger partial charge in [0, 0.05) is 36.6 Å². The molecule has 0 aliphatic heterocycles. The van der Waals surface area contributed by atoms with Crippen LogP contribution in [0.4, 0.5) is 0 Å². The molecule has 0 radical (unpaired) electrons. The highest BCUT2D eigenvalue weighted by molar-refractivity contribution is 7.09. The maximum Gasteiger partial charge on any atom is 0.224 e. The smallest absolute Gasteiger partial charge is 0.224 e. The number of hydrogen-bond acceptors (Lipinski definition) is 5. The minimum Gasteiger partial charge on any atom is -0.493 e. The molecule has 6 nitrogen and oxygen atoms in total. The quantitative estimate of drug-likeness (QED) is 0.475. The monoisotopic (exact) mass is 427 g/mol. The Morgan fingerprint density at radius 1 is 1.20 bits per heavy atom. The Kier molecular flexibility index (Phi) is 7.52. The summed E-state index contributed by atoms with van der Waals surface area (Å²) < 4.78 is 13.3. The summed E-state index contributed by atoms with van der Waals surface area (Å²) in [6.45, 7) is 8.26. The van der Waals surface area contributed by atoms with Gasteiger partial charge in [-0.1, -0.05) is 12.1 Å². The lowest BCUT2D eigenvalue weighted by atomic mass is 10.1. The molecule has 3 aromatic rings. The predicted molar refractivity (Wildman–Crippen MR) is 119 cm³/mol. The van der Waals surface area contributed by atoms with Gasteiger partial charge in [-0.3, -0.25) is 9.48 Å². The molecule has 3 rings (SSSR count). The first-order valence-corrected chi connectivity index (χ1v) is 11.0. The molecule has 0 spiro atoms. The van der Waals surface area contributed by atoms with Crippen molar-refractivity contribution in [3.05, 3.63) is 63.6 Å². The molecular formula is C23H29N3O3S. The van der Waals surface area contributed by atoms with Crippen molar-refractivity contribution < 1.29 is 14.3 Å². The van der Waals surface area contributed by atoms with Crippen LogP contribution < -0.4 is 9.47 Å². The average molecular weight is 428 g/mol. The van der Waals surface area contributed by atoms with E-state index in [0.717, 1.165) is 21.8 Å². The highest BCUT2D eigenvalue weighted by Gasteiger charge is 2.15. The molecule has 0 aliphatic carbocycles. The van der Waals surface area contributed by atoms with E-state index in [-0.39, 0.29) is 5.91 Å². The molecule has 1 aromatic carbocycles. The third-order valence-electron chi connectivity index (χ3n) is 4.93. The Bertz CT molecular complexity index is 966. The van der Waals surface area contributed by atoms with Crippen LogP contribution >= 0.6 is 11.3 Å². The second-order valence-electron chi connectivity index (χ2n) is 7.16. The van der Waals surface area contributed by atoms with Gasteiger partial charge >= 0.3 is 0 Å². The molecule has 0 fully saturated rings. The number of aromatic nitrogens is 2. The van der Waals surface area contributed by atoms with Crippen LogP contribution in [0.1, 0.15) is 35.2 Å². The van der Waals surface area contributed by atoms with Gasteiger partial charge in [-0.2, -0.15) is 5.10 Å². The van der Waals surface area contributed by atoms with Gasteiger partial charge in [0.15, 0.2) is 11.5 Å². The van der Waals surface area contributed by atoms with Crippen LogP contribution in [0, 0.1) is 13.8 Å². The number of hydrogen-bond donors (Lipinski definition) is 0. The predicted octanol–water partition coefficient (Wildman–Crippen LogP) is 4.59. The van der Waals surface area contributed by atoms with E-state index >= 15 is 0 Å². The van der Waals surface area contributed by atoms with E-state index in [1.54, 1.807) is 18.4 Å². The number of thiophene rings is 1. The van der Waals surface area contributed by atoms with Crippen molar-refractivity contribution in [1.29, 1.82) is 0 Å². The number of amides is 1. The Balaban J connectivity index is 1.61. The van der Waals surface area contributed by atoms with Crippen LogP contribution in [0.5, 0.6) is 11.5 Å². The van der Waals surface area contributed by atoms with E-state index in [2.05, 4.69) is 5.10 Å². The summed E-state index contributed by atoms with van der Waals surface area (Å²) in [6, 6.07) is 11.9. The lowest BCUT2D eigenvalue weighted by molar-refractivity contribution is -0.131. The minimum absolute atomic E-state index is 0.113. The molecule has 2 heterocycles. The van der Waals surface area contributed by atoms with Gasteiger partial charge in [-0.05, 0) is 56.0 Å². The zero-order valence-electron chi connectivity index (χ0n) is 18.1. The van der Waals surface area contributed by atoms with Crippen LogP contribution in [0.2, 0.25) is 0 Å². The number of methoxy groups -OCH3 is 1. The van der Waals surface area contributed by atoms with Crippen molar-refractivity contribution in [2.45, 2.75) is 46.9 Å². The van der Waals surface area contributed by atoms with Crippen molar-refractivity contribution in [1.82, 2.24) is 14.7 Å². The SMILES string of the molecule is CCN(Cc1ccc(OCc2cccs2)c(OC)c1)C(=O)CCn1nc(C)cc1C. The summed E-state index contributed by atoms with van der Waals surface area (Å²) in [5.74, 6) is 1.49. The first-order chi connectivity index (χ1) is 14.5. The van der Waals surface area contributed by atoms with Crippen LogP contribution in [0.3, 0.4) is 0 Å². The third kappa shape index (κ3) is 5.63. The first-order valence-electron chi connectivity index (χ1n) is 10.1. The highest BCUT2D eigenvalue weighted by atomic mass is 32.1. The minimum atomic E-state index is 0.113. The maximum atomic E-state index is 12.8. The number of aryl methyl sites for hydroxylation is 3. The van der Waals surface area contributed by atoms with E-state index in [1.165, 1.54) is 0 Å². The standard InChI is InChI=1S/C23H29N3O3S/c1-5-25(23(27)10-11-26-18(3)13-17(2)24-26)15-19-8-9-21(22(14-19)28-4)29-16-20-7-6-12-30-20/h6-9,12-14H,5,10-11,15-16H2,1-4H3. The number of carbonyl (C=O) groups is 1. The molecule has 7 heteroatoms. The van der Waals surface area contributed by atoms with Crippen molar-refractivity contribution in [3.8, 4) is 11.5 Å². The molecule has 0 atom stereocenters. The highest BCUT2D eigenvalue weighted by Crippen LogP contribution is 2.29. The molecule has 0 bridgehead atoms. The second-order valence-corrected chi connectivity index (χ2v) is 8.19. The Morgan fingerprint density at radius 2 is 2.03 bits per heavy atom. The molecule has 0 saturated heterocycles. The summed E-state index contributed by atoms with van der Waals surface area (Å²) in [6.07, 6.45) is 0.426. The van der Waals surface area contributed by atoms with Crippen molar-refractivity contribution in [2.24, 2.45) is 0 Å². The number of carbonyl (C=O) groups excluding carboxylic acids is 1. The fourth-order valence-corrected chi connectivity index (χ4v) is 3.95. The molecule has 0 unspecified atom stereocenters. The van der Waals surface area contributed by atoms with Gasteiger partial charge in [0.1, 0.15) is 6.61 Å². The molecule has 1 amide bonds. The second kappa shape index (κ2) is 10.3. The largest absolute Gasteiger partial charge is 0.493 e.